The second kappa shape index (κ2) is 4.08. The number of hydrogen-bond acceptors (Lipinski definition) is 2. The first-order valence-electron chi connectivity index (χ1n) is 5.70. The second-order valence-corrected chi connectivity index (χ2v) is 5.25. The number of aryl methyl sites for hydroxylation is 1. The zero-order valence-corrected chi connectivity index (χ0v) is 10.4. The lowest BCUT2D eigenvalue weighted by Crippen LogP contribution is -2.34. The molecule has 0 amide bonds. The molecule has 0 aliphatic rings. The van der Waals surface area contributed by atoms with E-state index >= 15 is 0 Å². The SMILES string of the molecule is Cc1ccc2cc(F)cc(CC(C)(C)N)c2n1. The van der Waals surface area contributed by atoms with Crippen LogP contribution in [0.3, 0.4) is 0 Å². The third kappa shape index (κ3) is 2.80. The molecule has 2 aromatic rings. The molecule has 0 aliphatic heterocycles. The fraction of sp³-hybridized carbons (Fsp3) is 0.357. The van der Waals surface area contributed by atoms with Crippen LogP contribution in [-0.2, 0) is 6.42 Å². The van der Waals surface area contributed by atoms with Crippen molar-refractivity contribution >= 4 is 10.9 Å². The van der Waals surface area contributed by atoms with Gasteiger partial charge in [0.1, 0.15) is 5.82 Å². The zero-order chi connectivity index (χ0) is 12.6. The Morgan fingerprint density at radius 2 is 2.00 bits per heavy atom. The summed E-state index contributed by atoms with van der Waals surface area (Å²) in [6, 6.07) is 6.82. The van der Waals surface area contributed by atoms with Crippen LogP contribution in [0.5, 0.6) is 0 Å². The lowest BCUT2D eigenvalue weighted by atomic mass is 9.94. The summed E-state index contributed by atoms with van der Waals surface area (Å²) < 4.78 is 13.5. The van der Waals surface area contributed by atoms with Crippen molar-refractivity contribution in [1.82, 2.24) is 4.98 Å². The van der Waals surface area contributed by atoms with E-state index in [0.29, 0.717) is 6.42 Å². The minimum atomic E-state index is -0.369. The first kappa shape index (κ1) is 12.0. The number of hydrogen-bond donors (Lipinski definition) is 1. The normalized spacial score (nSPS) is 12.1. The molecule has 1 aromatic carbocycles. The number of fused-ring (bicyclic) bond motifs is 1. The number of halogens is 1. The van der Waals surface area contributed by atoms with Crippen LogP contribution in [-0.4, -0.2) is 10.5 Å². The quantitative estimate of drug-likeness (QED) is 0.864. The van der Waals surface area contributed by atoms with E-state index in [-0.39, 0.29) is 11.4 Å². The molecule has 0 spiro atoms. The van der Waals surface area contributed by atoms with Crippen molar-refractivity contribution in [2.75, 3.05) is 0 Å². The van der Waals surface area contributed by atoms with Crippen LogP contribution in [0.1, 0.15) is 25.1 Å². The summed E-state index contributed by atoms with van der Waals surface area (Å²) in [6.07, 6.45) is 0.609. The number of benzene rings is 1. The van der Waals surface area contributed by atoms with Crippen LogP contribution in [0.4, 0.5) is 4.39 Å². The van der Waals surface area contributed by atoms with E-state index in [9.17, 15) is 4.39 Å². The summed E-state index contributed by atoms with van der Waals surface area (Å²) in [5.74, 6) is -0.234. The Hall–Kier alpha value is -1.48. The summed E-state index contributed by atoms with van der Waals surface area (Å²) in [5.41, 5.74) is 8.28. The number of nitrogens with two attached hydrogens (primary N) is 1. The molecular formula is C14H17FN2. The van der Waals surface area contributed by atoms with Gasteiger partial charge in [-0.05, 0) is 51.0 Å². The van der Waals surface area contributed by atoms with E-state index < -0.39 is 0 Å². The fourth-order valence-corrected chi connectivity index (χ4v) is 1.99. The minimum Gasteiger partial charge on any atom is -0.325 e. The van der Waals surface area contributed by atoms with Gasteiger partial charge in [0.25, 0.3) is 0 Å². The molecular weight excluding hydrogens is 215 g/mol. The summed E-state index contributed by atoms with van der Waals surface area (Å²) in [4.78, 5) is 4.48. The van der Waals surface area contributed by atoms with Gasteiger partial charge in [-0.25, -0.2) is 4.39 Å². The van der Waals surface area contributed by atoms with Gasteiger partial charge in [-0.1, -0.05) is 6.07 Å². The Bertz CT molecular complexity index is 556. The largest absolute Gasteiger partial charge is 0.325 e. The Labute approximate surface area is 101 Å². The Morgan fingerprint density at radius 3 is 2.65 bits per heavy atom. The monoisotopic (exact) mass is 232 g/mol. The number of aromatic nitrogens is 1. The highest BCUT2D eigenvalue weighted by Gasteiger charge is 2.15. The molecule has 2 nitrogen and oxygen atoms in total. The third-order valence-electron chi connectivity index (χ3n) is 2.62. The molecule has 0 atom stereocenters. The van der Waals surface area contributed by atoms with Crippen molar-refractivity contribution in [2.45, 2.75) is 32.7 Å². The van der Waals surface area contributed by atoms with E-state index in [1.165, 1.54) is 12.1 Å². The Balaban J connectivity index is 2.63. The molecule has 0 fully saturated rings. The molecule has 3 heteroatoms. The standard InChI is InChI=1S/C14H17FN2/c1-9-4-5-10-6-12(15)7-11(13(10)17-9)8-14(2,3)16/h4-7H,8,16H2,1-3H3. The zero-order valence-electron chi connectivity index (χ0n) is 10.4. The third-order valence-corrected chi connectivity index (χ3v) is 2.62. The van der Waals surface area contributed by atoms with Crippen LogP contribution in [0.15, 0.2) is 24.3 Å². The van der Waals surface area contributed by atoms with Crippen molar-refractivity contribution in [3.05, 3.63) is 41.3 Å². The molecule has 0 aliphatic carbocycles. The molecule has 1 aromatic heterocycles. The first-order valence-corrected chi connectivity index (χ1v) is 5.70. The topological polar surface area (TPSA) is 38.9 Å². The smallest absolute Gasteiger partial charge is 0.124 e. The van der Waals surface area contributed by atoms with Gasteiger partial charge in [0, 0.05) is 16.6 Å². The number of nitrogens with zero attached hydrogens (tertiary/aromatic N) is 1. The van der Waals surface area contributed by atoms with Gasteiger partial charge in [-0.15, -0.1) is 0 Å². The molecule has 17 heavy (non-hydrogen) atoms. The lowest BCUT2D eigenvalue weighted by Gasteiger charge is -2.19. The van der Waals surface area contributed by atoms with Gasteiger partial charge in [-0.3, -0.25) is 4.98 Å². The number of rotatable bonds is 2. The molecule has 0 saturated heterocycles. The maximum atomic E-state index is 13.5. The molecule has 90 valence electrons. The summed E-state index contributed by atoms with van der Waals surface area (Å²) in [6.45, 7) is 5.79. The van der Waals surface area contributed by atoms with Crippen molar-refractivity contribution in [3.63, 3.8) is 0 Å². The maximum Gasteiger partial charge on any atom is 0.124 e. The highest BCUT2D eigenvalue weighted by molar-refractivity contribution is 5.82. The van der Waals surface area contributed by atoms with E-state index in [1.54, 1.807) is 0 Å². The summed E-state index contributed by atoms with van der Waals surface area (Å²) in [5, 5.41) is 0.829. The van der Waals surface area contributed by atoms with Crippen molar-refractivity contribution < 1.29 is 4.39 Å². The Kier molecular flexibility index (Phi) is 2.87. The molecule has 0 radical (unpaired) electrons. The predicted molar refractivity (Wildman–Crippen MR) is 68.4 cm³/mol. The van der Waals surface area contributed by atoms with Gasteiger partial charge in [0.2, 0.25) is 0 Å². The van der Waals surface area contributed by atoms with Crippen LogP contribution in [0.25, 0.3) is 10.9 Å². The Morgan fingerprint density at radius 1 is 1.29 bits per heavy atom. The van der Waals surface area contributed by atoms with Crippen LogP contribution in [0.2, 0.25) is 0 Å². The van der Waals surface area contributed by atoms with E-state index in [0.717, 1.165) is 22.2 Å². The summed E-state index contributed by atoms with van der Waals surface area (Å²) >= 11 is 0. The highest BCUT2D eigenvalue weighted by atomic mass is 19.1. The average Bonchev–Trinajstić information content (AvgIpc) is 2.16. The van der Waals surface area contributed by atoms with Crippen LogP contribution >= 0.6 is 0 Å². The van der Waals surface area contributed by atoms with Gasteiger partial charge in [0.05, 0.1) is 5.52 Å². The lowest BCUT2D eigenvalue weighted by molar-refractivity contribution is 0.516. The van der Waals surface area contributed by atoms with Crippen molar-refractivity contribution in [3.8, 4) is 0 Å². The molecule has 2 rings (SSSR count). The van der Waals surface area contributed by atoms with Crippen LogP contribution in [0, 0.1) is 12.7 Å². The van der Waals surface area contributed by atoms with Crippen molar-refractivity contribution in [1.29, 1.82) is 0 Å². The van der Waals surface area contributed by atoms with Crippen LogP contribution < -0.4 is 5.73 Å². The van der Waals surface area contributed by atoms with Gasteiger partial charge in [0.15, 0.2) is 0 Å². The highest BCUT2D eigenvalue weighted by Crippen LogP contribution is 2.22. The van der Waals surface area contributed by atoms with Gasteiger partial charge < -0.3 is 5.73 Å². The maximum absolute atomic E-state index is 13.5. The van der Waals surface area contributed by atoms with E-state index in [2.05, 4.69) is 4.98 Å². The van der Waals surface area contributed by atoms with E-state index in [4.69, 9.17) is 5.73 Å². The molecule has 1 heterocycles. The molecule has 2 N–H and O–H groups in total. The van der Waals surface area contributed by atoms with Gasteiger partial charge in [-0.2, -0.15) is 0 Å². The average molecular weight is 232 g/mol. The molecule has 0 saturated carbocycles. The summed E-state index contributed by atoms with van der Waals surface area (Å²) in [7, 11) is 0. The molecule has 0 bridgehead atoms. The van der Waals surface area contributed by atoms with Gasteiger partial charge >= 0.3 is 0 Å². The van der Waals surface area contributed by atoms with Crippen molar-refractivity contribution in [2.24, 2.45) is 5.73 Å². The second-order valence-electron chi connectivity index (χ2n) is 5.25. The predicted octanol–water partition coefficient (Wildman–Crippen LogP) is 2.96. The minimum absolute atomic E-state index is 0.234. The number of pyridine rings is 1. The first-order chi connectivity index (χ1) is 7.85. The molecule has 0 unspecified atom stereocenters. The fourth-order valence-electron chi connectivity index (χ4n) is 1.99. The van der Waals surface area contributed by atoms with E-state index in [1.807, 2.05) is 32.9 Å².